The van der Waals surface area contributed by atoms with Crippen molar-refractivity contribution >= 4 is 11.8 Å². The van der Waals surface area contributed by atoms with Crippen LogP contribution < -0.4 is 0 Å². The molecule has 0 fully saturated rings. The summed E-state index contributed by atoms with van der Waals surface area (Å²) in [7, 11) is 0. The Balaban J connectivity index is 2.15. The molecule has 10 heavy (non-hydrogen) atoms. The predicted octanol–water partition coefficient (Wildman–Crippen LogP) is 2.24. The van der Waals surface area contributed by atoms with Crippen LogP contribution >= 0.6 is 11.8 Å². The van der Waals surface area contributed by atoms with Gasteiger partial charge in [0, 0.05) is 18.9 Å². The van der Waals surface area contributed by atoms with Gasteiger partial charge in [0.15, 0.2) is 0 Å². The quantitative estimate of drug-likeness (QED) is 0.604. The molecule has 2 heteroatoms. The Morgan fingerprint density at radius 1 is 1.30 bits per heavy atom. The highest BCUT2D eigenvalue weighted by Gasteiger charge is 1.86. The lowest BCUT2D eigenvalue weighted by Gasteiger charge is -1.99. The first-order valence-electron chi connectivity index (χ1n) is 3.53. The van der Waals surface area contributed by atoms with Crippen molar-refractivity contribution in [2.24, 2.45) is 0 Å². The fourth-order valence-corrected chi connectivity index (χ4v) is 1.33. The first kappa shape index (κ1) is 7.73. The Bertz CT molecular complexity index is 158. The zero-order chi connectivity index (χ0) is 7.23. The summed E-state index contributed by atoms with van der Waals surface area (Å²) in [4.78, 5) is 0. The minimum absolute atomic E-state index is 1.16. The molecule has 1 nitrogen and oxygen atoms in total. The molecular weight excluding hydrogens is 142 g/mol. The summed E-state index contributed by atoms with van der Waals surface area (Å²) >= 11 is 1.91. The Hall–Kier alpha value is -0.370. The number of aromatic nitrogens is 1. The van der Waals surface area contributed by atoms with Crippen LogP contribution in [0.1, 0.15) is 6.42 Å². The van der Waals surface area contributed by atoms with Gasteiger partial charge in [0.25, 0.3) is 0 Å². The normalized spacial score (nSPS) is 10.1. The molecule has 0 atom stereocenters. The van der Waals surface area contributed by atoms with E-state index in [1.54, 1.807) is 0 Å². The van der Waals surface area contributed by atoms with Crippen LogP contribution in [0.3, 0.4) is 0 Å². The molecule has 0 unspecified atom stereocenters. The van der Waals surface area contributed by atoms with E-state index in [2.05, 4.69) is 35.3 Å². The molecule has 0 aliphatic rings. The van der Waals surface area contributed by atoms with Gasteiger partial charge in [0.1, 0.15) is 0 Å². The minimum Gasteiger partial charge on any atom is -0.354 e. The van der Waals surface area contributed by atoms with Crippen molar-refractivity contribution in [3.05, 3.63) is 24.5 Å². The van der Waals surface area contributed by atoms with Gasteiger partial charge in [-0.05, 0) is 30.6 Å². The second-order valence-electron chi connectivity index (χ2n) is 2.27. The summed E-state index contributed by atoms with van der Waals surface area (Å²) in [6.45, 7) is 1.16. The van der Waals surface area contributed by atoms with Crippen LogP contribution in [-0.2, 0) is 6.54 Å². The van der Waals surface area contributed by atoms with Crippen LogP contribution in [0.5, 0.6) is 0 Å². The van der Waals surface area contributed by atoms with Crippen molar-refractivity contribution in [3.8, 4) is 0 Å². The number of rotatable bonds is 4. The van der Waals surface area contributed by atoms with Gasteiger partial charge >= 0.3 is 0 Å². The van der Waals surface area contributed by atoms with Crippen LogP contribution in [0.25, 0.3) is 0 Å². The van der Waals surface area contributed by atoms with Crippen LogP contribution in [0.4, 0.5) is 0 Å². The molecule has 0 radical (unpaired) electrons. The van der Waals surface area contributed by atoms with Crippen LogP contribution in [0.2, 0.25) is 0 Å². The molecule has 1 rings (SSSR count). The van der Waals surface area contributed by atoms with Gasteiger partial charge in [0.2, 0.25) is 0 Å². The Labute approximate surface area is 66.4 Å². The highest BCUT2D eigenvalue weighted by molar-refractivity contribution is 7.98. The van der Waals surface area contributed by atoms with E-state index in [1.807, 2.05) is 11.8 Å². The van der Waals surface area contributed by atoms with E-state index >= 15 is 0 Å². The second-order valence-corrected chi connectivity index (χ2v) is 3.25. The van der Waals surface area contributed by atoms with Gasteiger partial charge in [-0.3, -0.25) is 0 Å². The molecule has 0 saturated heterocycles. The lowest BCUT2D eigenvalue weighted by molar-refractivity contribution is 0.689. The van der Waals surface area contributed by atoms with Gasteiger partial charge in [-0.25, -0.2) is 0 Å². The first-order chi connectivity index (χ1) is 4.93. The van der Waals surface area contributed by atoms with Crippen LogP contribution in [-0.4, -0.2) is 16.6 Å². The lowest BCUT2D eigenvalue weighted by Crippen LogP contribution is -1.94. The zero-order valence-corrected chi connectivity index (χ0v) is 7.10. The molecule has 0 bridgehead atoms. The number of aryl methyl sites for hydroxylation is 1. The number of thioether (sulfide) groups is 1. The molecule has 0 N–H and O–H groups in total. The summed E-state index contributed by atoms with van der Waals surface area (Å²) in [6, 6.07) is 4.14. The summed E-state index contributed by atoms with van der Waals surface area (Å²) in [5.74, 6) is 1.26. The van der Waals surface area contributed by atoms with E-state index in [0.29, 0.717) is 0 Å². The summed E-state index contributed by atoms with van der Waals surface area (Å²) in [5, 5.41) is 0. The summed E-state index contributed by atoms with van der Waals surface area (Å²) in [5.41, 5.74) is 0. The maximum atomic E-state index is 2.22. The van der Waals surface area contributed by atoms with E-state index in [4.69, 9.17) is 0 Å². The molecule has 0 aliphatic heterocycles. The molecular formula is C8H13NS. The van der Waals surface area contributed by atoms with Gasteiger partial charge in [-0.2, -0.15) is 11.8 Å². The van der Waals surface area contributed by atoms with Crippen molar-refractivity contribution in [3.63, 3.8) is 0 Å². The first-order valence-corrected chi connectivity index (χ1v) is 4.92. The third-order valence-electron chi connectivity index (χ3n) is 1.43. The Kier molecular flexibility index (Phi) is 3.44. The second kappa shape index (κ2) is 4.45. The molecule has 0 amide bonds. The average Bonchev–Trinajstić information content (AvgIpc) is 2.41. The van der Waals surface area contributed by atoms with Crippen molar-refractivity contribution in [2.75, 3.05) is 12.0 Å². The Morgan fingerprint density at radius 2 is 2.00 bits per heavy atom. The highest BCUT2D eigenvalue weighted by atomic mass is 32.2. The fourth-order valence-electron chi connectivity index (χ4n) is 0.911. The van der Waals surface area contributed by atoms with E-state index in [9.17, 15) is 0 Å². The fraction of sp³-hybridized carbons (Fsp3) is 0.500. The molecule has 0 spiro atoms. The zero-order valence-electron chi connectivity index (χ0n) is 6.29. The molecule has 1 heterocycles. The highest BCUT2D eigenvalue weighted by Crippen LogP contribution is 1.98. The van der Waals surface area contributed by atoms with Gasteiger partial charge in [-0.15, -0.1) is 0 Å². The monoisotopic (exact) mass is 155 g/mol. The van der Waals surface area contributed by atoms with Gasteiger partial charge < -0.3 is 4.57 Å². The van der Waals surface area contributed by atoms with E-state index in [1.165, 1.54) is 12.2 Å². The number of hydrogen-bond donors (Lipinski definition) is 0. The third-order valence-corrected chi connectivity index (χ3v) is 2.13. The molecule has 0 saturated carbocycles. The number of hydrogen-bond acceptors (Lipinski definition) is 1. The third kappa shape index (κ3) is 2.48. The smallest absolute Gasteiger partial charge is 0.0227 e. The molecule has 0 aromatic carbocycles. The van der Waals surface area contributed by atoms with E-state index in [-0.39, 0.29) is 0 Å². The maximum Gasteiger partial charge on any atom is 0.0227 e. The predicted molar refractivity (Wildman–Crippen MR) is 47.4 cm³/mol. The van der Waals surface area contributed by atoms with Gasteiger partial charge in [0.05, 0.1) is 0 Å². The van der Waals surface area contributed by atoms with Gasteiger partial charge in [-0.1, -0.05) is 0 Å². The Morgan fingerprint density at radius 3 is 2.60 bits per heavy atom. The maximum absolute atomic E-state index is 2.22. The van der Waals surface area contributed by atoms with Crippen LogP contribution in [0, 0.1) is 0 Å². The molecule has 1 aromatic rings. The standard InChI is InChI=1S/C8H13NS/c1-10-8-4-7-9-5-2-3-6-9/h2-3,5-6H,4,7-8H2,1H3. The molecule has 56 valence electrons. The van der Waals surface area contributed by atoms with Crippen molar-refractivity contribution in [1.82, 2.24) is 4.57 Å². The minimum atomic E-state index is 1.16. The van der Waals surface area contributed by atoms with E-state index in [0.717, 1.165) is 6.54 Å². The molecule has 1 aromatic heterocycles. The van der Waals surface area contributed by atoms with E-state index < -0.39 is 0 Å². The number of nitrogens with zero attached hydrogens (tertiary/aromatic N) is 1. The summed E-state index contributed by atoms with van der Waals surface area (Å²) in [6.07, 6.45) is 7.64. The largest absolute Gasteiger partial charge is 0.354 e. The van der Waals surface area contributed by atoms with Crippen LogP contribution in [0.15, 0.2) is 24.5 Å². The van der Waals surface area contributed by atoms with Crippen molar-refractivity contribution in [2.45, 2.75) is 13.0 Å². The average molecular weight is 155 g/mol. The van der Waals surface area contributed by atoms with Crippen molar-refractivity contribution < 1.29 is 0 Å². The molecule has 0 aliphatic carbocycles. The summed E-state index contributed by atoms with van der Waals surface area (Å²) < 4.78 is 2.22. The lowest BCUT2D eigenvalue weighted by atomic mass is 10.5. The SMILES string of the molecule is CSCCCn1cccc1. The van der Waals surface area contributed by atoms with Crippen molar-refractivity contribution in [1.29, 1.82) is 0 Å². The topological polar surface area (TPSA) is 4.93 Å².